The van der Waals surface area contributed by atoms with Crippen molar-refractivity contribution in [3.05, 3.63) is 0 Å². The first kappa shape index (κ1) is 9.93. The number of nitrogens with two attached hydrogens (primary N) is 1. The first-order valence-electron chi connectivity index (χ1n) is 5.14. The zero-order chi connectivity index (χ0) is 10.2. The SMILES string of the molecule is NCC1(C(=O)O)CC2(CCOCC2)C1. The minimum Gasteiger partial charge on any atom is -0.481 e. The lowest BCUT2D eigenvalue weighted by atomic mass is 9.50. The quantitative estimate of drug-likeness (QED) is 0.683. The number of rotatable bonds is 2. The summed E-state index contributed by atoms with van der Waals surface area (Å²) in [7, 11) is 0. The van der Waals surface area contributed by atoms with Crippen LogP contribution in [0.1, 0.15) is 25.7 Å². The summed E-state index contributed by atoms with van der Waals surface area (Å²) in [6.07, 6.45) is 3.49. The largest absolute Gasteiger partial charge is 0.481 e. The van der Waals surface area contributed by atoms with Crippen LogP contribution in [0.4, 0.5) is 0 Å². The highest BCUT2D eigenvalue weighted by atomic mass is 16.5. The fraction of sp³-hybridized carbons (Fsp3) is 0.900. The van der Waals surface area contributed by atoms with Gasteiger partial charge in [-0.05, 0) is 31.1 Å². The standard InChI is InChI=1S/C10H17NO3/c11-7-10(8(12)13)5-9(6-10)1-3-14-4-2-9/h1-7,11H2,(H,12,13). The molecule has 2 aliphatic rings. The van der Waals surface area contributed by atoms with Gasteiger partial charge < -0.3 is 15.6 Å². The Bertz CT molecular complexity index is 238. The molecule has 0 aromatic heterocycles. The van der Waals surface area contributed by atoms with E-state index < -0.39 is 11.4 Å². The molecule has 1 saturated carbocycles. The Morgan fingerprint density at radius 3 is 2.36 bits per heavy atom. The lowest BCUT2D eigenvalue weighted by Gasteiger charge is -2.55. The third-order valence-electron chi connectivity index (χ3n) is 3.82. The Kier molecular flexibility index (Phi) is 2.27. The van der Waals surface area contributed by atoms with E-state index in [1.54, 1.807) is 0 Å². The van der Waals surface area contributed by atoms with E-state index in [1.165, 1.54) is 0 Å². The number of carboxylic acid groups (broad SMARTS) is 1. The van der Waals surface area contributed by atoms with E-state index in [9.17, 15) is 4.79 Å². The van der Waals surface area contributed by atoms with E-state index >= 15 is 0 Å². The van der Waals surface area contributed by atoms with E-state index in [-0.39, 0.29) is 12.0 Å². The normalized spacial score (nSPS) is 28.4. The lowest BCUT2D eigenvalue weighted by molar-refractivity contribution is -0.172. The summed E-state index contributed by atoms with van der Waals surface area (Å²) < 4.78 is 5.28. The van der Waals surface area contributed by atoms with Crippen molar-refractivity contribution >= 4 is 5.97 Å². The molecule has 0 amide bonds. The number of carboxylic acids is 1. The van der Waals surface area contributed by atoms with Gasteiger partial charge >= 0.3 is 5.97 Å². The second kappa shape index (κ2) is 3.21. The monoisotopic (exact) mass is 199 g/mol. The van der Waals surface area contributed by atoms with Crippen LogP contribution in [-0.2, 0) is 9.53 Å². The second-order valence-electron chi connectivity index (χ2n) is 4.76. The Balaban J connectivity index is 2.01. The van der Waals surface area contributed by atoms with Gasteiger partial charge in [0.05, 0.1) is 5.41 Å². The maximum absolute atomic E-state index is 11.0. The predicted molar refractivity (Wildman–Crippen MR) is 50.8 cm³/mol. The van der Waals surface area contributed by atoms with Crippen LogP contribution in [0.5, 0.6) is 0 Å². The molecule has 1 spiro atoms. The van der Waals surface area contributed by atoms with Crippen LogP contribution in [0, 0.1) is 10.8 Å². The lowest BCUT2D eigenvalue weighted by Crippen LogP contribution is -2.56. The van der Waals surface area contributed by atoms with Gasteiger partial charge in [0.1, 0.15) is 0 Å². The van der Waals surface area contributed by atoms with Gasteiger partial charge in [0.15, 0.2) is 0 Å². The second-order valence-corrected chi connectivity index (χ2v) is 4.76. The number of hydrogen-bond donors (Lipinski definition) is 2. The van der Waals surface area contributed by atoms with Crippen LogP contribution in [0.25, 0.3) is 0 Å². The van der Waals surface area contributed by atoms with Crippen molar-refractivity contribution in [3.63, 3.8) is 0 Å². The van der Waals surface area contributed by atoms with Gasteiger partial charge in [-0.3, -0.25) is 4.79 Å². The van der Waals surface area contributed by atoms with Crippen LogP contribution >= 0.6 is 0 Å². The average Bonchev–Trinajstić information content (AvgIpc) is 2.14. The van der Waals surface area contributed by atoms with Crippen LogP contribution in [0.3, 0.4) is 0 Å². The fourth-order valence-electron chi connectivity index (χ4n) is 2.92. The molecule has 0 unspecified atom stereocenters. The van der Waals surface area contributed by atoms with Crippen molar-refractivity contribution in [1.82, 2.24) is 0 Å². The molecule has 3 N–H and O–H groups in total. The van der Waals surface area contributed by atoms with Gasteiger partial charge in [0.2, 0.25) is 0 Å². The van der Waals surface area contributed by atoms with Gasteiger partial charge in [0.25, 0.3) is 0 Å². The molecule has 0 bridgehead atoms. The molecule has 4 nitrogen and oxygen atoms in total. The number of aliphatic carboxylic acids is 1. The fourth-order valence-corrected chi connectivity index (χ4v) is 2.92. The minimum absolute atomic E-state index is 0.232. The summed E-state index contributed by atoms with van der Waals surface area (Å²) in [6, 6.07) is 0. The Labute approximate surface area is 83.4 Å². The number of hydrogen-bond acceptors (Lipinski definition) is 3. The smallest absolute Gasteiger partial charge is 0.310 e. The topological polar surface area (TPSA) is 72.6 Å². The molecule has 80 valence electrons. The first-order chi connectivity index (χ1) is 6.63. The molecule has 0 aromatic rings. The molecular formula is C10H17NO3. The van der Waals surface area contributed by atoms with E-state index in [0.29, 0.717) is 0 Å². The molecule has 2 rings (SSSR count). The van der Waals surface area contributed by atoms with Gasteiger partial charge in [0, 0.05) is 19.8 Å². The molecule has 1 aliphatic carbocycles. The summed E-state index contributed by atoms with van der Waals surface area (Å²) in [4.78, 5) is 11.0. The molecular weight excluding hydrogens is 182 g/mol. The first-order valence-corrected chi connectivity index (χ1v) is 5.14. The van der Waals surface area contributed by atoms with E-state index in [4.69, 9.17) is 15.6 Å². The summed E-state index contributed by atoms with van der Waals surface area (Å²) in [5.74, 6) is -0.725. The predicted octanol–water partition coefficient (Wildman–Crippen LogP) is 0.607. The molecule has 2 fully saturated rings. The molecule has 0 radical (unpaired) electrons. The molecule has 0 aromatic carbocycles. The zero-order valence-corrected chi connectivity index (χ0v) is 8.29. The molecule has 0 atom stereocenters. The van der Waals surface area contributed by atoms with Gasteiger partial charge in [-0.15, -0.1) is 0 Å². The Morgan fingerprint density at radius 1 is 1.36 bits per heavy atom. The summed E-state index contributed by atoms with van der Waals surface area (Å²) in [5, 5.41) is 9.09. The minimum atomic E-state index is -0.725. The Hall–Kier alpha value is -0.610. The molecule has 4 heteroatoms. The molecule has 1 saturated heterocycles. The van der Waals surface area contributed by atoms with E-state index in [0.717, 1.165) is 38.9 Å². The van der Waals surface area contributed by atoms with Crippen molar-refractivity contribution in [1.29, 1.82) is 0 Å². The number of carbonyl (C=O) groups is 1. The average molecular weight is 199 g/mol. The van der Waals surface area contributed by atoms with Crippen molar-refractivity contribution in [2.45, 2.75) is 25.7 Å². The highest BCUT2D eigenvalue weighted by Gasteiger charge is 2.58. The van der Waals surface area contributed by atoms with Crippen LogP contribution in [0.2, 0.25) is 0 Å². The number of ether oxygens (including phenoxy) is 1. The van der Waals surface area contributed by atoms with Crippen molar-refractivity contribution in [2.24, 2.45) is 16.6 Å². The van der Waals surface area contributed by atoms with E-state index in [2.05, 4.69) is 0 Å². The molecule has 14 heavy (non-hydrogen) atoms. The van der Waals surface area contributed by atoms with Gasteiger partial charge in [-0.2, -0.15) is 0 Å². The molecule has 1 heterocycles. The maximum Gasteiger partial charge on any atom is 0.310 e. The molecule has 1 aliphatic heterocycles. The third-order valence-corrected chi connectivity index (χ3v) is 3.82. The van der Waals surface area contributed by atoms with Gasteiger partial charge in [-0.1, -0.05) is 0 Å². The van der Waals surface area contributed by atoms with E-state index in [1.807, 2.05) is 0 Å². The van der Waals surface area contributed by atoms with Crippen molar-refractivity contribution in [2.75, 3.05) is 19.8 Å². The summed E-state index contributed by atoms with van der Waals surface area (Å²) in [5.41, 5.74) is 5.15. The highest BCUT2D eigenvalue weighted by molar-refractivity contribution is 5.76. The van der Waals surface area contributed by atoms with Crippen molar-refractivity contribution in [3.8, 4) is 0 Å². The van der Waals surface area contributed by atoms with Crippen LogP contribution in [0.15, 0.2) is 0 Å². The third kappa shape index (κ3) is 1.33. The Morgan fingerprint density at radius 2 is 1.93 bits per heavy atom. The zero-order valence-electron chi connectivity index (χ0n) is 8.29. The van der Waals surface area contributed by atoms with Crippen LogP contribution < -0.4 is 5.73 Å². The highest BCUT2D eigenvalue weighted by Crippen LogP contribution is 2.59. The van der Waals surface area contributed by atoms with Crippen LogP contribution in [-0.4, -0.2) is 30.8 Å². The maximum atomic E-state index is 11.0. The summed E-state index contributed by atoms with van der Waals surface area (Å²) in [6.45, 7) is 1.82. The van der Waals surface area contributed by atoms with Gasteiger partial charge in [-0.25, -0.2) is 0 Å². The van der Waals surface area contributed by atoms with Crippen molar-refractivity contribution < 1.29 is 14.6 Å². The summed E-state index contributed by atoms with van der Waals surface area (Å²) >= 11 is 0.